The van der Waals surface area contributed by atoms with Crippen LogP contribution in [0.1, 0.15) is 219 Å². The van der Waals surface area contributed by atoms with Crippen molar-refractivity contribution in [1.82, 2.24) is 5.32 Å². The summed E-state index contributed by atoms with van der Waals surface area (Å²) in [6.07, 6.45) is 51.1. The fourth-order valence-electron chi connectivity index (χ4n) is 6.95. The van der Waals surface area contributed by atoms with Gasteiger partial charge >= 0.3 is 0 Å². The Morgan fingerprint density at radius 3 is 1.40 bits per heavy atom. The Morgan fingerprint density at radius 2 is 0.966 bits per heavy atom. The van der Waals surface area contributed by atoms with Crippen LogP contribution in [0.25, 0.3) is 0 Å². The van der Waals surface area contributed by atoms with Gasteiger partial charge in [0.1, 0.15) is 13.2 Å². The topological polar surface area (TPSA) is 108 Å². The molecule has 0 spiro atoms. The summed E-state index contributed by atoms with van der Waals surface area (Å²) in [5.74, 6) is -0.219. The van der Waals surface area contributed by atoms with Gasteiger partial charge in [-0.2, -0.15) is 0 Å². The number of aliphatic hydroxyl groups excluding tert-OH is 1. The number of nitrogens with one attached hydrogen (secondary N) is 1. The van der Waals surface area contributed by atoms with Gasteiger partial charge in [-0.05, 0) is 44.9 Å². The zero-order valence-electron chi connectivity index (χ0n) is 38.8. The van der Waals surface area contributed by atoms with E-state index in [1.165, 1.54) is 154 Å². The molecular weight excluding hydrogens is 744 g/mol. The van der Waals surface area contributed by atoms with Gasteiger partial charge in [0, 0.05) is 6.42 Å². The lowest BCUT2D eigenvalue weighted by Crippen LogP contribution is -2.45. The summed E-state index contributed by atoms with van der Waals surface area (Å²) in [4.78, 5) is 25.1. The number of hydrogen-bond donors (Lipinski definition) is 2. The third kappa shape index (κ3) is 42.8. The van der Waals surface area contributed by atoms with Gasteiger partial charge in [-0.15, -0.1) is 0 Å². The number of carbonyl (C=O) groups excluding carboxylic acids is 1. The van der Waals surface area contributed by atoms with Gasteiger partial charge in [-0.25, -0.2) is 0 Å². The maximum atomic E-state index is 12.7. The van der Waals surface area contributed by atoms with Crippen molar-refractivity contribution in [3.63, 3.8) is 0 Å². The van der Waals surface area contributed by atoms with Crippen molar-refractivity contribution in [2.24, 2.45) is 0 Å². The maximum absolute atomic E-state index is 12.7. The van der Waals surface area contributed by atoms with Gasteiger partial charge < -0.3 is 28.8 Å². The lowest BCUT2D eigenvalue weighted by molar-refractivity contribution is -0.870. The minimum Gasteiger partial charge on any atom is -0.756 e. The standard InChI is InChI=1S/C49H95N2O6P/c1-6-8-10-12-14-15-16-17-18-19-20-21-22-23-24-25-26-27-28-29-30-31-32-33-34-35-37-38-40-42-48(52)47(46-57-58(54,55)56-45-44-51(3,4)5)50-49(53)43-41-39-36-13-11-9-7-2/h30-31,34-35,40,42,47-48,52H,6-29,32-33,36-39,41,43-46H2,1-5H3,(H-,50,53,54,55)/b31-30+,35-34+,42-40+. The van der Waals surface area contributed by atoms with Crippen LogP contribution in [-0.4, -0.2) is 68.5 Å². The van der Waals surface area contributed by atoms with Gasteiger partial charge in [0.15, 0.2) is 0 Å². The molecule has 9 heteroatoms. The fraction of sp³-hybridized carbons (Fsp3) is 0.857. The van der Waals surface area contributed by atoms with Gasteiger partial charge in [-0.1, -0.05) is 204 Å². The van der Waals surface area contributed by atoms with Crippen molar-refractivity contribution < 1.29 is 32.9 Å². The SMILES string of the molecule is CCCCCCCCCCCCCCCCCCCCC/C=C/CC/C=C/CC/C=C/C(O)C(COP(=O)([O-])OCC[N+](C)(C)C)NC(=O)CCCCCCCCC. The highest BCUT2D eigenvalue weighted by Gasteiger charge is 2.23. The molecule has 3 atom stereocenters. The molecule has 3 unspecified atom stereocenters. The number of unbranched alkanes of at least 4 members (excludes halogenated alkanes) is 27. The van der Waals surface area contributed by atoms with Crippen molar-refractivity contribution >= 4 is 13.7 Å². The number of aliphatic hydroxyl groups is 1. The van der Waals surface area contributed by atoms with E-state index < -0.39 is 26.6 Å². The number of nitrogens with zero attached hydrogens (tertiary/aromatic N) is 1. The Labute approximate surface area is 359 Å². The highest BCUT2D eigenvalue weighted by atomic mass is 31.2. The molecule has 0 rings (SSSR count). The molecule has 0 radical (unpaired) electrons. The van der Waals surface area contributed by atoms with E-state index >= 15 is 0 Å². The molecule has 0 aromatic carbocycles. The van der Waals surface area contributed by atoms with Crippen LogP contribution in [0.15, 0.2) is 36.5 Å². The number of likely N-dealkylation sites (N-methyl/N-ethyl adjacent to an activating group) is 1. The molecule has 0 fully saturated rings. The second kappa shape index (κ2) is 41.1. The first-order chi connectivity index (χ1) is 28.0. The van der Waals surface area contributed by atoms with Crippen molar-refractivity contribution in [3.8, 4) is 0 Å². The molecule has 0 aromatic heterocycles. The smallest absolute Gasteiger partial charge is 0.268 e. The second-order valence-electron chi connectivity index (χ2n) is 17.8. The van der Waals surface area contributed by atoms with Crippen LogP contribution < -0.4 is 10.2 Å². The normalized spacial score (nSPS) is 14.5. The van der Waals surface area contributed by atoms with Gasteiger partial charge in [0.05, 0.1) is 39.9 Å². The van der Waals surface area contributed by atoms with Crippen LogP contribution in [0.2, 0.25) is 0 Å². The monoisotopic (exact) mass is 839 g/mol. The fourth-order valence-corrected chi connectivity index (χ4v) is 7.67. The summed E-state index contributed by atoms with van der Waals surface area (Å²) < 4.78 is 23.1. The molecule has 1 amide bonds. The van der Waals surface area contributed by atoms with Crippen molar-refractivity contribution in [2.75, 3.05) is 40.9 Å². The number of phosphoric ester groups is 1. The van der Waals surface area contributed by atoms with Crippen molar-refractivity contribution in [3.05, 3.63) is 36.5 Å². The quantitative estimate of drug-likeness (QED) is 0.0274. The van der Waals surface area contributed by atoms with E-state index in [2.05, 4.69) is 43.5 Å². The van der Waals surface area contributed by atoms with Gasteiger partial charge in [0.2, 0.25) is 5.91 Å². The number of phosphoric acid groups is 1. The van der Waals surface area contributed by atoms with Crippen LogP contribution in [-0.2, 0) is 18.4 Å². The molecule has 0 aliphatic heterocycles. The van der Waals surface area contributed by atoms with Crippen molar-refractivity contribution in [2.45, 2.75) is 231 Å². The summed E-state index contributed by atoms with van der Waals surface area (Å²) in [6.45, 7) is 4.57. The molecule has 0 aromatic rings. The summed E-state index contributed by atoms with van der Waals surface area (Å²) in [5, 5.41) is 13.7. The van der Waals surface area contributed by atoms with E-state index in [0.29, 0.717) is 17.4 Å². The van der Waals surface area contributed by atoms with E-state index in [-0.39, 0.29) is 12.5 Å². The van der Waals surface area contributed by atoms with Crippen LogP contribution in [0, 0.1) is 0 Å². The largest absolute Gasteiger partial charge is 0.756 e. The Kier molecular flexibility index (Phi) is 40.2. The van der Waals surface area contributed by atoms with Crippen molar-refractivity contribution in [1.29, 1.82) is 0 Å². The number of amides is 1. The molecule has 0 aliphatic carbocycles. The zero-order valence-corrected chi connectivity index (χ0v) is 39.6. The number of rotatable bonds is 44. The molecule has 8 nitrogen and oxygen atoms in total. The molecule has 0 saturated heterocycles. The number of hydrogen-bond acceptors (Lipinski definition) is 6. The Hall–Kier alpha value is -1.28. The molecule has 342 valence electrons. The van der Waals surface area contributed by atoms with E-state index in [1.807, 2.05) is 27.2 Å². The van der Waals surface area contributed by atoms with E-state index in [4.69, 9.17) is 9.05 Å². The first-order valence-corrected chi connectivity index (χ1v) is 25.8. The van der Waals surface area contributed by atoms with Crippen LogP contribution >= 0.6 is 7.82 Å². The highest BCUT2D eigenvalue weighted by molar-refractivity contribution is 7.45. The molecule has 0 heterocycles. The van der Waals surface area contributed by atoms with Gasteiger partial charge in [-0.3, -0.25) is 9.36 Å². The summed E-state index contributed by atoms with van der Waals surface area (Å²) in [5.41, 5.74) is 0. The van der Waals surface area contributed by atoms with Crippen LogP contribution in [0.4, 0.5) is 0 Å². The average molecular weight is 839 g/mol. The van der Waals surface area contributed by atoms with E-state index in [1.54, 1.807) is 6.08 Å². The summed E-state index contributed by atoms with van der Waals surface area (Å²) >= 11 is 0. The Balaban J connectivity index is 4.13. The lowest BCUT2D eigenvalue weighted by Gasteiger charge is -2.29. The number of quaternary nitrogens is 1. The second-order valence-corrected chi connectivity index (χ2v) is 19.2. The maximum Gasteiger partial charge on any atom is 0.268 e. The molecule has 0 aliphatic rings. The van der Waals surface area contributed by atoms with E-state index in [0.717, 1.165) is 44.9 Å². The first-order valence-electron chi connectivity index (χ1n) is 24.4. The molecule has 0 bridgehead atoms. The molecule has 58 heavy (non-hydrogen) atoms. The molecular formula is C49H95N2O6P. The predicted molar refractivity (Wildman–Crippen MR) is 247 cm³/mol. The first kappa shape index (κ1) is 56.7. The Bertz CT molecular complexity index is 1040. The summed E-state index contributed by atoms with van der Waals surface area (Å²) in [7, 11) is 1.24. The molecule has 0 saturated carbocycles. The zero-order chi connectivity index (χ0) is 42.8. The van der Waals surface area contributed by atoms with Crippen LogP contribution in [0.5, 0.6) is 0 Å². The third-order valence-electron chi connectivity index (χ3n) is 10.8. The highest BCUT2D eigenvalue weighted by Crippen LogP contribution is 2.38. The summed E-state index contributed by atoms with van der Waals surface area (Å²) in [6, 6.07) is -0.904. The Morgan fingerprint density at radius 1 is 0.586 bits per heavy atom. The number of allylic oxidation sites excluding steroid dienone is 5. The minimum atomic E-state index is -4.59. The predicted octanol–water partition coefficient (Wildman–Crippen LogP) is 13.2. The molecule has 2 N–H and O–H groups in total. The van der Waals surface area contributed by atoms with Gasteiger partial charge in [0.25, 0.3) is 7.82 Å². The van der Waals surface area contributed by atoms with Crippen LogP contribution in [0.3, 0.4) is 0 Å². The van der Waals surface area contributed by atoms with E-state index in [9.17, 15) is 19.4 Å². The minimum absolute atomic E-state index is 0.00846. The number of carbonyl (C=O) groups is 1. The third-order valence-corrected chi connectivity index (χ3v) is 11.8. The lowest BCUT2D eigenvalue weighted by atomic mass is 10.0. The average Bonchev–Trinajstić information content (AvgIpc) is 3.17.